The minimum atomic E-state index is -1.00. The van der Waals surface area contributed by atoms with Gasteiger partial charge in [0, 0.05) is 23.0 Å². The number of aromatic nitrogens is 2. The third-order valence-corrected chi connectivity index (χ3v) is 6.23. The fraction of sp³-hybridized carbons (Fsp3) is 0.200. The van der Waals surface area contributed by atoms with Crippen LogP contribution in [0.3, 0.4) is 0 Å². The summed E-state index contributed by atoms with van der Waals surface area (Å²) < 4.78 is 43.4. The second kappa shape index (κ2) is 8.24. The van der Waals surface area contributed by atoms with E-state index < -0.39 is 23.4 Å². The zero-order valence-corrected chi connectivity index (χ0v) is 18.3. The summed E-state index contributed by atoms with van der Waals surface area (Å²) in [7, 11) is 0. The summed E-state index contributed by atoms with van der Waals surface area (Å²) in [6, 6.07) is 6.82. The van der Waals surface area contributed by atoms with Gasteiger partial charge in [-0.15, -0.1) is 0 Å². The molecule has 0 saturated carbocycles. The lowest BCUT2D eigenvalue weighted by atomic mass is 10.1. The van der Waals surface area contributed by atoms with E-state index >= 15 is 0 Å². The number of nitrogens with zero attached hydrogens (tertiary/aromatic N) is 3. The molecule has 1 aliphatic heterocycles. The van der Waals surface area contributed by atoms with Gasteiger partial charge < -0.3 is 4.90 Å². The molecule has 2 heterocycles. The van der Waals surface area contributed by atoms with Crippen molar-refractivity contribution >= 4 is 50.7 Å². The Morgan fingerprint density at radius 1 is 1.13 bits per heavy atom. The Hall–Kier alpha value is -2.03. The molecular formula is C20H13BrCl2F3N3O. The molecule has 0 N–H and O–H groups in total. The zero-order chi connectivity index (χ0) is 21.6. The van der Waals surface area contributed by atoms with Crippen molar-refractivity contribution in [3.8, 4) is 0 Å². The summed E-state index contributed by atoms with van der Waals surface area (Å²) in [6.45, 7) is 0.0204. The second-order valence-electron chi connectivity index (χ2n) is 6.74. The predicted molar refractivity (Wildman–Crippen MR) is 112 cm³/mol. The molecule has 10 heteroatoms. The monoisotopic (exact) mass is 517 g/mol. The number of alkyl halides is 1. The van der Waals surface area contributed by atoms with Gasteiger partial charge in [0.15, 0.2) is 23.1 Å². The number of amides is 1. The maximum Gasteiger partial charge on any atom is 0.279 e. The Balaban J connectivity index is 1.70. The van der Waals surface area contributed by atoms with Crippen LogP contribution in [0.15, 0.2) is 30.3 Å². The summed E-state index contributed by atoms with van der Waals surface area (Å²) in [4.78, 5) is 14.3. The molecule has 2 aromatic carbocycles. The third-order valence-electron chi connectivity index (χ3n) is 4.88. The lowest BCUT2D eigenvalue weighted by Crippen LogP contribution is -2.38. The lowest BCUT2D eigenvalue weighted by molar-refractivity contribution is 0.0974. The quantitative estimate of drug-likeness (QED) is 0.412. The first-order chi connectivity index (χ1) is 14.3. The molecule has 3 aromatic rings. The Bertz CT molecular complexity index is 1170. The van der Waals surface area contributed by atoms with Gasteiger partial charge in [0.1, 0.15) is 5.15 Å². The van der Waals surface area contributed by atoms with Gasteiger partial charge in [-0.05, 0) is 30.2 Å². The Morgan fingerprint density at radius 3 is 2.63 bits per heavy atom. The maximum atomic E-state index is 14.6. The minimum Gasteiger partial charge on any atom is -0.304 e. The highest BCUT2D eigenvalue weighted by molar-refractivity contribution is 9.08. The molecule has 0 bridgehead atoms. The van der Waals surface area contributed by atoms with Gasteiger partial charge in [0.2, 0.25) is 0 Å². The summed E-state index contributed by atoms with van der Waals surface area (Å²) in [6.07, 6.45) is 0.321. The standard InChI is InChI=1S/C20H13BrCl2F3N3O/c21-8-10-6-13(22)17(26)15(7-10)28-5-4-12-18(20(28)30)27-29(19(12)23)9-11-2-1-3-14(24)16(11)25/h1-3,6-7H,4-5,8-9H2. The molecule has 30 heavy (non-hydrogen) atoms. The molecule has 0 unspecified atom stereocenters. The SMILES string of the molecule is O=C1c2nn(Cc3cccc(F)c3F)c(Cl)c2CCN1c1cc(CBr)cc(Cl)c1F. The van der Waals surface area contributed by atoms with Crippen molar-refractivity contribution in [3.05, 3.63) is 80.3 Å². The van der Waals surface area contributed by atoms with E-state index in [-0.39, 0.29) is 40.2 Å². The molecule has 4 nitrogen and oxygen atoms in total. The van der Waals surface area contributed by atoms with Gasteiger partial charge in [-0.3, -0.25) is 4.79 Å². The highest BCUT2D eigenvalue weighted by Crippen LogP contribution is 2.34. The van der Waals surface area contributed by atoms with Crippen molar-refractivity contribution < 1.29 is 18.0 Å². The van der Waals surface area contributed by atoms with E-state index in [9.17, 15) is 18.0 Å². The summed E-state index contributed by atoms with van der Waals surface area (Å²) in [5.41, 5.74) is 1.33. The molecule has 0 fully saturated rings. The average molecular weight is 519 g/mol. The lowest BCUT2D eigenvalue weighted by Gasteiger charge is -2.27. The molecule has 0 saturated heterocycles. The molecule has 156 valence electrons. The number of anilines is 1. The first-order valence-corrected chi connectivity index (χ1v) is 10.7. The molecule has 0 radical (unpaired) electrons. The Labute approximate surface area is 188 Å². The summed E-state index contributed by atoms with van der Waals surface area (Å²) >= 11 is 15.6. The van der Waals surface area contributed by atoms with Crippen molar-refractivity contribution in [2.45, 2.75) is 18.3 Å². The van der Waals surface area contributed by atoms with E-state index in [1.807, 2.05) is 0 Å². The van der Waals surface area contributed by atoms with Gasteiger partial charge >= 0.3 is 0 Å². The number of hydrogen-bond acceptors (Lipinski definition) is 2. The molecule has 0 atom stereocenters. The minimum absolute atomic E-state index is 0.0443. The fourth-order valence-corrected chi connectivity index (χ4v) is 4.24. The van der Waals surface area contributed by atoms with Gasteiger partial charge in [-0.1, -0.05) is 51.3 Å². The van der Waals surface area contributed by atoms with Crippen molar-refractivity contribution in [3.63, 3.8) is 0 Å². The normalized spacial score (nSPS) is 13.7. The smallest absolute Gasteiger partial charge is 0.279 e. The van der Waals surface area contributed by atoms with E-state index in [1.54, 1.807) is 6.07 Å². The average Bonchev–Trinajstić information content (AvgIpc) is 3.04. The van der Waals surface area contributed by atoms with Gasteiger partial charge in [-0.25, -0.2) is 17.9 Å². The Kier molecular flexibility index (Phi) is 5.83. The third kappa shape index (κ3) is 3.61. The predicted octanol–water partition coefficient (Wildman–Crippen LogP) is 5.75. The number of benzene rings is 2. The first kappa shape index (κ1) is 21.2. The van der Waals surface area contributed by atoms with Crippen LogP contribution < -0.4 is 4.90 Å². The van der Waals surface area contributed by atoms with Gasteiger partial charge in [-0.2, -0.15) is 5.10 Å². The molecule has 4 rings (SSSR count). The van der Waals surface area contributed by atoms with Crippen molar-refractivity contribution in [1.82, 2.24) is 9.78 Å². The highest BCUT2D eigenvalue weighted by atomic mass is 79.9. The number of fused-ring (bicyclic) bond motifs is 1. The molecule has 0 spiro atoms. The van der Waals surface area contributed by atoms with E-state index in [0.29, 0.717) is 22.9 Å². The van der Waals surface area contributed by atoms with Crippen molar-refractivity contribution in [2.75, 3.05) is 11.4 Å². The van der Waals surface area contributed by atoms with Crippen LogP contribution in [-0.4, -0.2) is 22.2 Å². The largest absolute Gasteiger partial charge is 0.304 e. The van der Waals surface area contributed by atoms with Crippen molar-refractivity contribution in [1.29, 1.82) is 0 Å². The van der Waals surface area contributed by atoms with Crippen LogP contribution in [0, 0.1) is 17.5 Å². The number of halogens is 6. The van der Waals surface area contributed by atoms with Crippen LogP contribution in [0.2, 0.25) is 10.2 Å². The first-order valence-electron chi connectivity index (χ1n) is 8.85. The molecule has 1 aliphatic rings. The number of carbonyl (C=O) groups excluding carboxylic acids is 1. The maximum absolute atomic E-state index is 14.6. The second-order valence-corrected chi connectivity index (χ2v) is 8.07. The van der Waals surface area contributed by atoms with Crippen LogP contribution in [0.1, 0.15) is 27.2 Å². The molecule has 1 amide bonds. The van der Waals surface area contributed by atoms with Crippen LogP contribution in [0.5, 0.6) is 0 Å². The van der Waals surface area contributed by atoms with Crippen molar-refractivity contribution in [2.24, 2.45) is 0 Å². The summed E-state index contributed by atoms with van der Waals surface area (Å²) in [5, 5.41) is 4.71. The zero-order valence-electron chi connectivity index (χ0n) is 15.2. The highest BCUT2D eigenvalue weighted by Gasteiger charge is 2.33. The number of rotatable bonds is 4. The molecule has 1 aromatic heterocycles. The topological polar surface area (TPSA) is 38.1 Å². The van der Waals surface area contributed by atoms with Crippen LogP contribution in [-0.2, 0) is 18.3 Å². The van der Waals surface area contributed by atoms with E-state index in [4.69, 9.17) is 23.2 Å². The Morgan fingerprint density at radius 2 is 1.90 bits per heavy atom. The summed E-state index contributed by atoms with van der Waals surface area (Å²) in [5.74, 6) is -3.23. The van der Waals surface area contributed by atoms with Gasteiger partial charge in [0.25, 0.3) is 5.91 Å². The number of carbonyl (C=O) groups is 1. The van der Waals surface area contributed by atoms with E-state index in [0.717, 1.165) is 6.07 Å². The van der Waals surface area contributed by atoms with Crippen LogP contribution >= 0.6 is 39.1 Å². The van der Waals surface area contributed by atoms with Crippen LogP contribution in [0.4, 0.5) is 18.9 Å². The molecular weight excluding hydrogens is 506 g/mol. The number of hydrogen-bond donors (Lipinski definition) is 0. The van der Waals surface area contributed by atoms with Gasteiger partial charge in [0.05, 0.1) is 17.3 Å². The van der Waals surface area contributed by atoms with E-state index in [1.165, 1.54) is 27.8 Å². The van der Waals surface area contributed by atoms with E-state index in [2.05, 4.69) is 21.0 Å². The molecule has 0 aliphatic carbocycles. The van der Waals surface area contributed by atoms with Crippen LogP contribution in [0.25, 0.3) is 0 Å². The fourth-order valence-electron chi connectivity index (χ4n) is 3.39.